The summed E-state index contributed by atoms with van der Waals surface area (Å²) in [4.78, 5) is 8.79. The quantitative estimate of drug-likeness (QED) is 0.500. The molecule has 0 aliphatic carbocycles. The van der Waals surface area contributed by atoms with Gasteiger partial charge in [-0.1, -0.05) is 23.5 Å². The second-order valence-electron chi connectivity index (χ2n) is 7.84. The Morgan fingerprint density at radius 3 is 2.47 bits per heavy atom. The minimum atomic E-state index is 0.443. The lowest BCUT2D eigenvalue weighted by molar-refractivity contribution is 0.202. The molecule has 3 aromatic rings. The first-order chi connectivity index (χ1) is 14.7. The Kier molecular flexibility index (Phi) is 7.07. The zero-order valence-electron chi connectivity index (χ0n) is 17.9. The fourth-order valence-corrected chi connectivity index (χ4v) is 5.02. The van der Waals surface area contributed by atoms with Gasteiger partial charge in [-0.15, -0.1) is 0 Å². The highest BCUT2D eigenvalue weighted by Crippen LogP contribution is 2.19. The summed E-state index contributed by atoms with van der Waals surface area (Å²) in [5.41, 5.74) is 1.27. The molecule has 0 atom stereocenters. The molecular formula is C24H31N3O2S. The van der Waals surface area contributed by atoms with E-state index in [1.807, 2.05) is 24.3 Å². The lowest BCUT2D eigenvalue weighted by Crippen LogP contribution is -2.36. The Morgan fingerprint density at radius 2 is 1.73 bits per heavy atom. The maximum Gasteiger partial charge on any atom is 0.185 e. The van der Waals surface area contributed by atoms with Crippen molar-refractivity contribution in [3.63, 3.8) is 0 Å². The smallest absolute Gasteiger partial charge is 0.185 e. The van der Waals surface area contributed by atoms with Gasteiger partial charge in [-0.05, 0) is 68.6 Å². The van der Waals surface area contributed by atoms with Crippen LogP contribution in [0.5, 0.6) is 11.5 Å². The number of fused-ring (bicyclic) bond motifs is 1. The largest absolute Gasteiger partial charge is 0.497 e. The van der Waals surface area contributed by atoms with E-state index in [0.717, 1.165) is 61.8 Å². The van der Waals surface area contributed by atoms with Gasteiger partial charge in [0.25, 0.3) is 0 Å². The van der Waals surface area contributed by atoms with Crippen molar-refractivity contribution in [2.24, 2.45) is 12.0 Å². The molecule has 4 rings (SSSR count). The summed E-state index contributed by atoms with van der Waals surface area (Å²) < 4.78 is 14.5. The van der Waals surface area contributed by atoms with E-state index in [9.17, 15) is 0 Å². The summed E-state index contributed by atoms with van der Waals surface area (Å²) in [6.07, 6.45) is 4.55. The Bertz CT molecular complexity index is 1000. The summed E-state index contributed by atoms with van der Waals surface area (Å²) in [6, 6.07) is 16.8. The van der Waals surface area contributed by atoms with Crippen LogP contribution < -0.4 is 14.3 Å². The maximum absolute atomic E-state index is 5.82. The van der Waals surface area contributed by atoms with E-state index in [4.69, 9.17) is 14.5 Å². The number of hydrogen-bond donors (Lipinski definition) is 0. The molecule has 0 radical (unpaired) electrons. The summed E-state index contributed by atoms with van der Waals surface area (Å²) in [5, 5.41) is 0. The Morgan fingerprint density at radius 1 is 1.00 bits per heavy atom. The van der Waals surface area contributed by atoms with Crippen LogP contribution in [0.1, 0.15) is 25.7 Å². The molecule has 0 bridgehead atoms. The van der Waals surface area contributed by atoms with Crippen LogP contribution in [-0.2, 0) is 7.05 Å². The number of nitrogens with zero attached hydrogens (tertiary/aromatic N) is 3. The van der Waals surface area contributed by atoms with Crippen molar-refractivity contribution in [3.05, 3.63) is 53.3 Å². The van der Waals surface area contributed by atoms with Crippen LogP contribution in [0.3, 0.4) is 0 Å². The maximum atomic E-state index is 5.82. The third kappa shape index (κ3) is 5.24. The van der Waals surface area contributed by atoms with Crippen molar-refractivity contribution in [1.29, 1.82) is 0 Å². The van der Waals surface area contributed by atoms with Crippen LogP contribution in [0.25, 0.3) is 10.2 Å². The van der Waals surface area contributed by atoms with Crippen molar-refractivity contribution >= 4 is 21.6 Å². The third-order valence-electron chi connectivity index (χ3n) is 5.76. The molecule has 2 aromatic carbocycles. The lowest BCUT2D eigenvalue weighted by Gasteiger charge is -2.29. The zero-order valence-corrected chi connectivity index (χ0v) is 18.7. The summed E-state index contributed by atoms with van der Waals surface area (Å²) in [6.45, 7) is 4.19. The molecule has 1 saturated heterocycles. The summed E-state index contributed by atoms with van der Waals surface area (Å²) >= 11 is 1.80. The molecule has 0 N–H and O–H groups in total. The van der Waals surface area contributed by atoms with Gasteiger partial charge in [0.05, 0.1) is 30.0 Å². The molecule has 1 aliphatic heterocycles. The standard InChI is InChI=1S/C24H31N3O2S/c1-26-22-7-3-4-8-23(22)30-24(26)25-19-13-16-27(17-14-19)15-5-6-18-29-21-11-9-20(28-2)10-12-21/h3-4,7-12,19H,5-6,13-18H2,1-2H3. The minimum absolute atomic E-state index is 0.443. The van der Waals surface area contributed by atoms with Crippen molar-refractivity contribution in [1.82, 2.24) is 9.47 Å². The summed E-state index contributed by atoms with van der Waals surface area (Å²) in [5.74, 6) is 1.77. The van der Waals surface area contributed by atoms with Gasteiger partial charge in [-0.2, -0.15) is 0 Å². The number of benzene rings is 2. The third-order valence-corrected chi connectivity index (χ3v) is 6.89. The first-order valence-corrected chi connectivity index (χ1v) is 11.6. The molecule has 1 fully saturated rings. The number of rotatable bonds is 8. The number of para-hydroxylation sites is 1. The number of likely N-dealkylation sites (tertiary alicyclic amines) is 1. The highest BCUT2D eigenvalue weighted by atomic mass is 32.1. The van der Waals surface area contributed by atoms with E-state index in [1.165, 1.54) is 16.6 Å². The number of piperidine rings is 1. The van der Waals surface area contributed by atoms with E-state index >= 15 is 0 Å². The average Bonchev–Trinajstić information content (AvgIpc) is 3.10. The molecule has 6 heteroatoms. The van der Waals surface area contributed by atoms with Crippen LogP contribution in [0, 0.1) is 0 Å². The molecular weight excluding hydrogens is 394 g/mol. The van der Waals surface area contributed by atoms with Gasteiger partial charge >= 0.3 is 0 Å². The molecule has 30 heavy (non-hydrogen) atoms. The number of ether oxygens (including phenoxy) is 2. The fourth-order valence-electron chi connectivity index (χ4n) is 3.93. The van der Waals surface area contributed by atoms with Crippen LogP contribution in [0.15, 0.2) is 53.5 Å². The molecule has 0 saturated carbocycles. The van der Waals surface area contributed by atoms with Crippen LogP contribution in [0.4, 0.5) is 0 Å². The summed E-state index contributed by atoms with van der Waals surface area (Å²) in [7, 11) is 3.80. The highest BCUT2D eigenvalue weighted by Gasteiger charge is 2.18. The number of unbranched alkanes of at least 4 members (excludes halogenated alkanes) is 1. The predicted molar refractivity (Wildman–Crippen MR) is 124 cm³/mol. The van der Waals surface area contributed by atoms with E-state index in [-0.39, 0.29) is 0 Å². The average molecular weight is 426 g/mol. The lowest BCUT2D eigenvalue weighted by atomic mass is 10.1. The van der Waals surface area contributed by atoms with Gasteiger partial charge in [0.2, 0.25) is 0 Å². The molecule has 0 spiro atoms. The number of aryl methyl sites for hydroxylation is 1. The first kappa shape index (κ1) is 20.9. The van der Waals surface area contributed by atoms with E-state index in [0.29, 0.717) is 6.04 Å². The van der Waals surface area contributed by atoms with Gasteiger partial charge in [0.15, 0.2) is 4.80 Å². The van der Waals surface area contributed by atoms with Crippen molar-refractivity contribution in [3.8, 4) is 11.5 Å². The predicted octanol–water partition coefficient (Wildman–Crippen LogP) is 4.47. The second-order valence-corrected chi connectivity index (χ2v) is 8.85. The highest BCUT2D eigenvalue weighted by molar-refractivity contribution is 7.16. The van der Waals surface area contributed by atoms with Gasteiger partial charge in [0, 0.05) is 20.1 Å². The number of thiazole rings is 1. The monoisotopic (exact) mass is 425 g/mol. The molecule has 2 heterocycles. The number of methoxy groups -OCH3 is 1. The Balaban J connectivity index is 1.18. The Hall–Kier alpha value is -2.31. The van der Waals surface area contributed by atoms with Crippen LogP contribution in [0.2, 0.25) is 0 Å². The molecule has 0 amide bonds. The van der Waals surface area contributed by atoms with Crippen LogP contribution in [-0.4, -0.2) is 48.9 Å². The van der Waals surface area contributed by atoms with Crippen molar-refractivity contribution < 1.29 is 9.47 Å². The van der Waals surface area contributed by atoms with E-state index < -0.39 is 0 Å². The minimum Gasteiger partial charge on any atom is -0.497 e. The molecule has 160 valence electrons. The van der Waals surface area contributed by atoms with Crippen LogP contribution >= 0.6 is 11.3 Å². The van der Waals surface area contributed by atoms with Gasteiger partial charge in [-0.3, -0.25) is 4.99 Å². The molecule has 1 aromatic heterocycles. The molecule has 0 unspecified atom stereocenters. The first-order valence-electron chi connectivity index (χ1n) is 10.8. The SMILES string of the molecule is COc1ccc(OCCCCN2CCC(N=c3sc4ccccc4n3C)CC2)cc1. The second kappa shape index (κ2) is 10.1. The van der Waals surface area contributed by atoms with Gasteiger partial charge < -0.3 is 18.9 Å². The number of hydrogen-bond acceptors (Lipinski definition) is 5. The molecule has 5 nitrogen and oxygen atoms in total. The van der Waals surface area contributed by atoms with Gasteiger partial charge in [0.1, 0.15) is 11.5 Å². The van der Waals surface area contributed by atoms with E-state index in [1.54, 1.807) is 18.4 Å². The molecule has 1 aliphatic rings. The Labute approximate surface area is 182 Å². The fraction of sp³-hybridized carbons (Fsp3) is 0.458. The number of aromatic nitrogens is 1. The van der Waals surface area contributed by atoms with Gasteiger partial charge in [-0.25, -0.2) is 0 Å². The van der Waals surface area contributed by atoms with Crippen molar-refractivity contribution in [2.75, 3.05) is 33.4 Å². The normalized spacial score (nSPS) is 16.3. The zero-order chi connectivity index (χ0) is 20.8. The van der Waals surface area contributed by atoms with E-state index in [2.05, 4.69) is 40.8 Å². The van der Waals surface area contributed by atoms with Crippen molar-refractivity contribution in [2.45, 2.75) is 31.7 Å². The topological polar surface area (TPSA) is 39.0 Å².